The zero-order valence-electron chi connectivity index (χ0n) is 1.73. The molecule has 0 saturated carbocycles. The monoisotopic (exact) mass is 220 g/mol. The van der Waals surface area contributed by atoms with Crippen molar-refractivity contribution < 1.29 is 55.2 Å². The summed E-state index contributed by atoms with van der Waals surface area (Å²) in [5.41, 5.74) is 0. The van der Waals surface area contributed by atoms with E-state index in [0.717, 1.165) is 0 Å². The Labute approximate surface area is 63.3 Å². The van der Waals surface area contributed by atoms with Gasteiger partial charge in [0.15, 0.2) is 0 Å². The van der Waals surface area contributed by atoms with Gasteiger partial charge in [0.1, 0.15) is 0 Å². The van der Waals surface area contributed by atoms with Crippen LogP contribution in [0.5, 0.6) is 0 Å². The second kappa shape index (κ2) is 21.5. The summed E-state index contributed by atoms with van der Waals surface area (Å²) in [6, 6.07) is 0. The van der Waals surface area contributed by atoms with Gasteiger partial charge in [0.2, 0.25) is 0 Å². The smallest absolute Gasteiger partial charge is 0 e. The van der Waals surface area contributed by atoms with Gasteiger partial charge in [0.05, 0.1) is 0 Å². The van der Waals surface area contributed by atoms with Gasteiger partial charge in [-0.05, 0) is 0 Å². The minimum Gasteiger partial charge on any atom is 0 e. The molecule has 0 unspecified atom stereocenters. The van der Waals surface area contributed by atoms with Crippen LogP contribution in [-0.2, 0) is 55.2 Å². The Morgan fingerprint density at radius 1 is 1.00 bits per heavy atom. The predicted octanol–water partition coefficient (Wildman–Crippen LogP) is -0.388. The third-order valence-electron chi connectivity index (χ3n) is 0. The molecular weight excluding hydrogens is 218 g/mol. The van der Waals surface area contributed by atoms with Gasteiger partial charge >= 0.3 is 0 Å². The van der Waals surface area contributed by atoms with Gasteiger partial charge in [-0.1, -0.05) is 0 Å². The van der Waals surface area contributed by atoms with E-state index in [2.05, 4.69) is 0 Å². The molecule has 0 nitrogen and oxygen atoms in total. The van der Waals surface area contributed by atoms with E-state index in [-0.39, 0.29) is 63.6 Å². The van der Waals surface area contributed by atoms with Crippen molar-refractivity contribution in [2.75, 3.05) is 0 Å². The quantitative estimate of drug-likeness (QED) is 0.485. The molecule has 0 bridgehead atoms. The van der Waals surface area contributed by atoms with Crippen LogP contribution in [-0.4, -0.2) is 8.41 Å². The second-order valence-corrected chi connectivity index (χ2v) is 0. The molecule has 0 aliphatic rings. The molecule has 0 aliphatic heterocycles. The summed E-state index contributed by atoms with van der Waals surface area (Å²) in [6.45, 7) is 0. The van der Waals surface area contributed by atoms with Crippen molar-refractivity contribution in [3.05, 3.63) is 0 Å². The van der Waals surface area contributed by atoms with Crippen molar-refractivity contribution in [3.8, 4) is 0 Å². The van der Waals surface area contributed by atoms with Gasteiger partial charge in [-0.15, -0.1) is 0 Å². The van der Waals surface area contributed by atoms with Crippen molar-refractivity contribution >= 4 is 8.41 Å². The molecule has 0 atom stereocenters. The Kier molecular flexibility index (Phi) is 222. The van der Waals surface area contributed by atoms with Crippen molar-refractivity contribution in [3.63, 3.8) is 0 Å². The molecule has 0 aromatic heterocycles. The Bertz CT molecular complexity index is 8.00. The Morgan fingerprint density at radius 2 is 1.00 bits per heavy atom. The SMILES string of the molecule is [B].[Co].[Cr].[Mo]. The summed E-state index contributed by atoms with van der Waals surface area (Å²) < 4.78 is 0. The van der Waals surface area contributed by atoms with Gasteiger partial charge in [-0.3, -0.25) is 0 Å². The van der Waals surface area contributed by atoms with E-state index in [1.807, 2.05) is 0 Å². The summed E-state index contributed by atoms with van der Waals surface area (Å²) >= 11 is 0. The molecule has 4 heteroatoms. The molecule has 4 radical (unpaired) electrons. The van der Waals surface area contributed by atoms with E-state index < -0.39 is 0 Å². The third kappa shape index (κ3) is 9.20. The minimum absolute atomic E-state index is 0. The van der Waals surface area contributed by atoms with E-state index in [4.69, 9.17) is 0 Å². The maximum atomic E-state index is 0. The van der Waals surface area contributed by atoms with Gasteiger partial charge in [-0.2, -0.15) is 0 Å². The molecular formula is BCoCrMo. The number of hydrogen-bond donors (Lipinski definition) is 0. The molecule has 0 amide bonds. The Morgan fingerprint density at radius 3 is 1.00 bits per heavy atom. The first-order chi connectivity index (χ1) is 0. The molecule has 0 heterocycles. The summed E-state index contributed by atoms with van der Waals surface area (Å²) in [5, 5.41) is 0. The third-order valence-corrected chi connectivity index (χ3v) is 0. The molecule has 0 aromatic carbocycles. The summed E-state index contributed by atoms with van der Waals surface area (Å²) in [5.74, 6) is 0. The first kappa shape index (κ1) is 41.4. The van der Waals surface area contributed by atoms with Crippen LogP contribution in [0.1, 0.15) is 0 Å². The standard InChI is InChI=1S/B.Co.Cr.Mo. The molecule has 0 aliphatic carbocycles. The molecule has 0 spiro atoms. The molecule has 24 valence electrons. The molecule has 0 N–H and O–H groups in total. The van der Waals surface area contributed by atoms with Crippen LogP contribution in [0.2, 0.25) is 0 Å². The van der Waals surface area contributed by atoms with E-state index in [0.29, 0.717) is 0 Å². The average Bonchev–Trinajstić information content (AvgIpc) is 0. The molecule has 4 heavy (non-hydrogen) atoms. The van der Waals surface area contributed by atoms with Gasteiger partial charge in [-0.25, -0.2) is 0 Å². The minimum atomic E-state index is 0. The van der Waals surface area contributed by atoms with Crippen LogP contribution in [0.4, 0.5) is 0 Å². The van der Waals surface area contributed by atoms with Crippen molar-refractivity contribution in [1.82, 2.24) is 0 Å². The van der Waals surface area contributed by atoms with E-state index in [9.17, 15) is 0 Å². The van der Waals surface area contributed by atoms with Gasteiger partial charge < -0.3 is 0 Å². The van der Waals surface area contributed by atoms with E-state index in [1.54, 1.807) is 0 Å². The molecule has 0 saturated heterocycles. The number of rotatable bonds is 0. The largest absolute Gasteiger partial charge is 0 e. The summed E-state index contributed by atoms with van der Waals surface area (Å²) in [4.78, 5) is 0. The fourth-order valence-electron chi connectivity index (χ4n) is 0. The summed E-state index contributed by atoms with van der Waals surface area (Å²) in [7, 11) is 0. The van der Waals surface area contributed by atoms with Crippen LogP contribution in [0.15, 0.2) is 0 Å². The fourth-order valence-corrected chi connectivity index (χ4v) is 0. The Hall–Kier alpha value is 1.79. The first-order valence-corrected chi connectivity index (χ1v) is 0. The van der Waals surface area contributed by atoms with Crippen LogP contribution in [0, 0.1) is 0 Å². The number of hydrogen-bond acceptors (Lipinski definition) is 0. The predicted molar refractivity (Wildman–Crippen MR) is 5.75 cm³/mol. The zero-order chi connectivity index (χ0) is 0. The van der Waals surface area contributed by atoms with Crippen LogP contribution < -0.4 is 0 Å². The van der Waals surface area contributed by atoms with E-state index >= 15 is 0 Å². The van der Waals surface area contributed by atoms with Gasteiger partial charge in [0, 0.05) is 63.6 Å². The summed E-state index contributed by atoms with van der Waals surface area (Å²) in [6.07, 6.45) is 0. The molecule has 0 fully saturated rings. The van der Waals surface area contributed by atoms with Crippen LogP contribution in [0.25, 0.3) is 0 Å². The Balaban J connectivity index is 0. The van der Waals surface area contributed by atoms with Crippen molar-refractivity contribution in [2.24, 2.45) is 0 Å². The topological polar surface area (TPSA) is 0 Å². The van der Waals surface area contributed by atoms with Crippen LogP contribution in [0.3, 0.4) is 0 Å². The normalized spacial score (nSPS) is 0. The molecule has 0 rings (SSSR count). The fraction of sp³-hybridized carbons (Fsp3) is 0. The van der Waals surface area contributed by atoms with Gasteiger partial charge in [0.25, 0.3) is 0 Å². The first-order valence-electron chi connectivity index (χ1n) is 0. The van der Waals surface area contributed by atoms with E-state index in [1.165, 1.54) is 0 Å². The zero-order valence-corrected chi connectivity index (χ0v) is 6.05. The molecule has 0 aromatic rings. The maximum Gasteiger partial charge on any atom is 0 e. The average molecular weight is 218 g/mol. The maximum absolute atomic E-state index is 0. The van der Waals surface area contributed by atoms with Crippen LogP contribution >= 0.6 is 0 Å². The second-order valence-electron chi connectivity index (χ2n) is 0. The van der Waals surface area contributed by atoms with Crippen molar-refractivity contribution in [1.29, 1.82) is 0 Å². The van der Waals surface area contributed by atoms with Crippen molar-refractivity contribution in [2.45, 2.75) is 0 Å².